The molecule has 0 bridgehead atoms. The van der Waals surface area contributed by atoms with E-state index in [0.717, 1.165) is 0 Å². The quantitative estimate of drug-likeness (QED) is 0.664. The summed E-state index contributed by atoms with van der Waals surface area (Å²) in [5.41, 5.74) is 4.67. The molecular weight excluding hydrogens is 170 g/mol. The minimum absolute atomic E-state index is 0.0187. The first-order valence-corrected chi connectivity index (χ1v) is 4.59. The third kappa shape index (κ3) is 2.19. The lowest BCUT2D eigenvalue weighted by Gasteiger charge is -2.36. The molecule has 0 aromatic carbocycles. The van der Waals surface area contributed by atoms with Crippen LogP contribution in [0.3, 0.4) is 0 Å². The summed E-state index contributed by atoms with van der Waals surface area (Å²) in [6.07, 6.45) is 0.806. The average Bonchev–Trinajstić information content (AvgIpc) is 2.04. The van der Waals surface area contributed by atoms with E-state index in [9.17, 15) is 4.79 Å². The van der Waals surface area contributed by atoms with Crippen LogP contribution in [0.4, 0.5) is 0 Å². The Labute approximate surface area is 78.1 Å². The highest BCUT2D eigenvalue weighted by Gasteiger charge is 2.40. The second kappa shape index (κ2) is 3.64. The van der Waals surface area contributed by atoms with Crippen LogP contribution in [0, 0.1) is 5.92 Å². The standard InChI is InChI=1S/C9H17NO3/c1-6(2)7-5-9(10,8(11)12)3-4-13-7/h6-7H,3-5,10H2,1-2H3,(H,11,12). The molecule has 1 heterocycles. The zero-order valence-corrected chi connectivity index (χ0v) is 8.12. The van der Waals surface area contributed by atoms with Crippen molar-refractivity contribution < 1.29 is 14.6 Å². The second-order valence-electron chi connectivity index (χ2n) is 4.07. The lowest BCUT2D eigenvalue weighted by atomic mass is 9.84. The molecule has 2 unspecified atom stereocenters. The van der Waals surface area contributed by atoms with E-state index in [4.69, 9.17) is 15.6 Å². The van der Waals surface area contributed by atoms with Gasteiger partial charge < -0.3 is 15.6 Å². The monoisotopic (exact) mass is 187 g/mol. The normalized spacial score (nSPS) is 34.9. The van der Waals surface area contributed by atoms with Gasteiger partial charge in [-0.1, -0.05) is 13.8 Å². The van der Waals surface area contributed by atoms with Gasteiger partial charge in [-0.05, 0) is 12.3 Å². The van der Waals surface area contributed by atoms with Crippen molar-refractivity contribution in [3.63, 3.8) is 0 Å². The van der Waals surface area contributed by atoms with Crippen molar-refractivity contribution in [1.29, 1.82) is 0 Å². The van der Waals surface area contributed by atoms with E-state index in [1.54, 1.807) is 0 Å². The molecule has 4 nitrogen and oxygen atoms in total. The maximum atomic E-state index is 10.9. The Kier molecular flexibility index (Phi) is 2.93. The van der Waals surface area contributed by atoms with Crippen LogP contribution in [-0.2, 0) is 9.53 Å². The molecule has 1 rings (SSSR count). The van der Waals surface area contributed by atoms with E-state index in [2.05, 4.69) is 0 Å². The molecule has 0 radical (unpaired) electrons. The Balaban J connectivity index is 2.65. The van der Waals surface area contributed by atoms with E-state index in [1.807, 2.05) is 13.8 Å². The minimum atomic E-state index is -1.08. The summed E-state index contributed by atoms with van der Waals surface area (Å²) in [6, 6.07) is 0. The van der Waals surface area contributed by atoms with Crippen LogP contribution in [0.15, 0.2) is 0 Å². The highest BCUT2D eigenvalue weighted by Crippen LogP contribution is 2.26. The molecule has 0 aromatic heterocycles. The van der Waals surface area contributed by atoms with Gasteiger partial charge in [0.15, 0.2) is 0 Å². The molecule has 1 aliphatic heterocycles. The summed E-state index contributed by atoms with van der Waals surface area (Å²) in [6.45, 7) is 4.47. The van der Waals surface area contributed by atoms with E-state index >= 15 is 0 Å². The Morgan fingerprint density at radius 1 is 1.69 bits per heavy atom. The second-order valence-corrected chi connectivity index (χ2v) is 4.07. The van der Waals surface area contributed by atoms with Gasteiger partial charge in [0.1, 0.15) is 5.54 Å². The number of carbonyl (C=O) groups is 1. The molecule has 1 aliphatic rings. The van der Waals surface area contributed by atoms with E-state index in [0.29, 0.717) is 25.4 Å². The van der Waals surface area contributed by atoms with Crippen LogP contribution in [0.25, 0.3) is 0 Å². The van der Waals surface area contributed by atoms with Crippen molar-refractivity contribution in [2.75, 3.05) is 6.61 Å². The molecule has 13 heavy (non-hydrogen) atoms. The van der Waals surface area contributed by atoms with Crippen LogP contribution in [0.1, 0.15) is 26.7 Å². The van der Waals surface area contributed by atoms with Crippen molar-refractivity contribution in [3.05, 3.63) is 0 Å². The van der Waals surface area contributed by atoms with Crippen molar-refractivity contribution in [1.82, 2.24) is 0 Å². The van der Waals surface area contributed by atoms with Crippen LogP contribution in [-0.4, -0.2) is 29.3 Å². The fourth-order valence-corrected chi connectivity index (χ4v) is 1.53. The van der Waals surface area contributed by atoms with Crippen LogP contribution < -0.4 is 5.73 Å². The van der Waals surface area contributed by atoms with Crippen LogP contribution in [0.2, 0.25) is 0 Å². The summed E-state index contributed by atoms with van der Waals surface area (Å²) in [5.74, 6) is -0.593. The van der Waals surface area contributed by atoms with Gasteiger partial charge >= 0.3 is 5.97 Å². The number of hydrogen-bond acceptors (Lipinski definition) is 3. The Bertz CT molecular complexity index is 205. The Morgan fingerprint density at radius 2 is 2.31 bits per heavy atom. The van der Waals surface area contributed by atoms with E-state index < -0.39 is 11.5 Å². The van der Waals surface area contributed by atoms with Gasteiger partial charge in [0.25, 0.3) is 0 Å². The summed E-state index contributed by atoms with van der Waals surface area (Å²) >= 11 is 0. The van der Waals surface area contributed by atoms with Crippen molar-refractivity contribution in [3.8, 4) is 0 Å². The molecule has 1 saturated heterocycles. The largest absolute Gasteiger partial charge is 0.480 e. The van der Waals surface area contributed by atoms with Crippen molar-refractivity contribution >= 4 is 5.97 Å². The van der Waals surface area contributed by atoms with E-state index in [1.165, 1.54) is 0 Å². The van der Waals surface area contributed by atoms with Crippen LogP contribution in [0.5, 0.6) is 0 Å². The van der Waals surface area contributed by atoms with Gasteiger partial charge in [-0.3, -0.25) is 4.79 Å². The molecule has 0 aliphatic carbocycles. The zero-order chi connectivity index (χ0) is 10.1. The van der Waals surface area contributed by atoms with Gasteiger partial charge in [0, 0.05) is 13.0 Å². The summed E-state index contributed by atoms with van der Waals surface area (Å²) in [7, 11) is 0. The molecule has 1 fully saturated rings. The lowest BCUT2D eigenvalue weighted by Crippen LogP contribution is -2.55. The SMILES string of the molecule is CC(C)C1CC(N)(C(=O)O)CCO1. The number of carboxylic acid groups (broad SMARTS) is 1. The first-order valence-electron chi connectivity index (χ1n) is 4.59. The fourth-order valence-electron chi connectivity index (χ4n) is 1.53. The van der Waals surface area contributed by atoms with Gasteiger partial charge in [-0.25, -0.2) is 0 Å². The fraction of sp³-hybridized carbons (Fsp3) is 0.889. The molecule has 0 spiro atoms. The highest BCUT2D eigenvalue weighted by molar-refractivity contribution is 5.78. The maximum Gasteiger partial charge on any atom is 0.323 e. The van der Waals surface area contributed by atoms with Gasteiger partial charge in [0.2, 0.25) is 0 Å². The van der Waals surface area contributed by atoms with Crippen molar-refractivity contribution in [2.24, 2.45) is 11.7 Å². The number of aliphatic carboxylic acids is 1. The zero-order valence-electron chi connectivity index (χ0n) is 8.12. The lowest BCUT2D eigenvalue weighted by molar-refractivity contribution is -0.150. The third-order valence-electron chi connectivity index (χ3n) is 2.62. The first-order chi connectivity index (χ1) is 5.96. The van der Waals surface area contributed by atoms with Gasteiger partial charge in [0.05, 0.1) is 6.10 Å². The molecule has 0 amide bonds. The summed E-state index contributed by atoms with van der Waals surface area (Å²) in [4.78, 5) is 10.9. The number of hydrogen-bond donors (Lipinski definition) is 2. The first kappa shape index (κ1) is 10.5. The highest BCUT2D eigenvalue weighted by atomic mass is 16.5. The minimum Gasteiger partial charge on any atom is -0.480 e. The Hall–Kier alpha value is -0.610. The molecule has 3 N–H and O–H groups in total. The smallest absolute Gasteiger partial charge is 0.323 e. The number of ether oxygens (including phenoxy) is 1. The number of rotatable bonds is 2. The predicted molar refractivity (Wildman–Crippen MR) is 48.4 cm³/mol. The Morgan fingerprint density at radius 3 is 2.77 bits per heavy atom. The average molecular weight is 187 g/mol. The third-order valence-corrected chi connectivity index (χ3v) is 2.62. The number of carboxylic acids is 1. The summed E-state index contributed by atoms with van der Waals surface area (Å²) in [5, 5.41) is 8.92. The van der Waals surface area contributed by atoms with Crippen LogP contribution >= 0.6 is 0 Å². The molecule has 2 atom stereocenters. The molecule has 0 saturated carbocycles. The molecule has 4 heteroatoms. The van der Waals surface area contributed by atoms with Gasteiger partial charge in [-0.2, -0.15) is 0 Å². The topological polar surface area (TPSA) is 72.6 Å². The molecule has 0 aromatic rings. The predicted octanol–water partition coefficient (Wildman–Crippen LogP) is 0.603. The maximum absolute atomic E-state index is 10.9. The number of nitrogens with two attached hydrogens (primary N) is 1. The summed E-state index contributed by atoms with van der Waals surface area (Å²) < 4.78 is 5.44. The van der Waals surface area contributed by atoms with Crippen molar-refractivity contribution in [2.45, 2.75) is 38.3 Å². The van der Waals surface area contributed by atoms with E-state index in [-0.39, 0.29) is 6.10 Å². The molecular formula is C9H17NO3. The molecule has 76 valence electrons. The van der Waals surface area contributed by atoms with Gasteiger partial charge in [-0.15, -0.1) is 0 Å².